The lowest BCUT2D eigenvalue weighted by atomic mass is 9.88. The molecule has 3 saturated heterocycles. The van der Waals surface area contributed by atoms with Crippen molar-refractivity contribution in [3.63, 3.8) is 0 Å². The Morgan fingerprint density at radius 1 is 1.42 bits per heavy atom. The molecule has 2 atom stereocenters. The minimum Gasteiger partial charge on any atom is -0.444 e. The van der Waals surface area contributed by atoms with Gasteiger partial charge in [0.25, 0.3) is 6.01 Å². The Hall–Kier alpha value is -1.72. The van der Waals surface area contributed by atoms with Crippen molar-refractivity contribution in [3.8, 4) is 0 Å². The number of oxazole rings is 1. The van der Waals surface area contributed by atoms with Crippen LogP contribution >= 0.6 is 0 Å². The van der Waals surface area contributed by atoms with Crippen molar-refractivity contribution in [1.82, 2.24) is 9.88 Å². The molecule has 104 valence electrons. The first kappa shape index (κ1) is 12.3. The first-order valence-corrected chi connectivity index (χ1v) is 6.60. The largest absolute Gasteiger partial charge is 0.444 e. The summed E-state index contributed by atoms with van der Waals surface area (Å²) in [4.78, 5) is 20.2. The molecule has 3 aliphatic heterocycles. The van der Waals surface area contributed by atoms with Gasteiger partial charge in [0.15, 0.2) is 0 Å². The minimum absolute atomic E-state index is 0.208. The van der Waals surface area contributed by atoms with E-state index < -0.39 is 5.60 Å². The second kappa shape index (κ2) is 4.15. The summed E-state index contributed by atoms with van der Waals surface area (Å²) in [5, 5.41) is 0. The predicted octanol–water partition coefficient (Wildman–Crippen LogP) is 1.87. The smallest absolute Gasteiger partial charge is 0.410 e. The van der Waals surface area contributed by atoms with E-state index in [0.717, 1.165) is 19.5 Å². The zero-order valence-electron chi connectivity index (χ0n) is 11.5. The van der Waals surface area contributed by atoms with Gasteiger partial charge in [0.05, 0.1) is 18.3 Å². The number of carbonyl (C=O) groups is 1. The lowest BCUT2D eigenvalue weighted by molar-refractivity contribution is -0.0386. The zero-order valence-corrected chi connectivity index (χ0v) is 11.5. The van der Waals surface area contributed by atoms with E-state index in [1.807, 2.05) is 25.7 Å². The summed E-state index contributed by atoms with van der Waals surface area (Å²) in [6, 6.07) is 1.06. The van der Waals surface area contributed by atoms with Crippen molar-refractivity contribution in [2.75, 3.05) is 18.0 Å². The summed E-state index contributed by atoms with van der Waals surface area (Å²) in [6.45, 7) is 7.19. The van der Waals surface area contributed by atoms with E-state index in [-0.39, 0.29) is 18.2 Å². The van der Waals surface area contributed by atoms with Crippen LogP contribution in [-0.2, 0) is 4.74 Å². The van der Waals surface area contributed by atoms with Crippen molar-refractivity contribution >= 4 is 12.1 Å². The van der Waals surface area contributed by atoms with Crippen molar-refractivity contribution in [2.24, 2.45) is 0 Å². The average molecular weight is 265 g/mol. The number of piperazine rings is 1. The topological polar surface area (TPSA) is 58.8 Å². The van der Waals surface area contributed by atoms with Crippen LogP contribution in [0, 0.1) is 0 Å². The molecule has 1 aromatic rings. The first-order chi connectivity index (χ1) is 8.94. The van der Waals surface area contributed by atoms with Gasteiger partial charge in [-0.1, -0.05) is 0 Å². The Balaban J connectivity index is 1.63. The third-order valence-corrected chi connectivity index (χ3v) is 3.49. The van der Waals surface area contributed by atoms with Crippen molar-refractivity contribution in [1.29, 1.82) is 0 Å². The van der Waals surface area contributed by atoms with Crippen LogP contribution in [0.2, 0.25) is 0 Å². The van der Waals surface area contributed by atoms with Gasteiger partial charge in [0, 0.05) is 13.1 Å². The Labute approximate surface area is 112 Å². The van der Waals surface area contributed by atoms with Gasteiger partial charge in [-0.25, -0.2) is 9.78 Å². The summed E-state index contributed by atoms with van der Waals surface area (Å²) >= 11 is 0. The Morgan fingerprint density at radius 3 is 2.63 bits per heavy atom. The molecular formula is C13H19N3O3. The van der Waals surface area contributed by atoms with Gasteiger partial charge in [-0.2, -0.15) is 0 Å². The number of amides is 1. The molecular weight excluding hydrogens is 246 g/mol. The molecule has 0 aromatic carbocycles. The summed E-state index contributed by atoms with van der Waals surface area (Å²) in [7, 11) is 0. The molecule has 1 amide bonds. The number of fused-ring (bicyclic) bond motifs is 2. The van der Waals surface area contributed by atoms with Crippen LogP contribution in [-0.4, -0.2) is 46.8 Å². The predicted molar refractivity (Wildman–Crippen MR) is 69.0 cm³/mol. The quantitative estimate of drug-likeness (QED) is 0.776. The molecule has 2 bridgehead atoms. The number of hydrogen-bond donors (Lipinski definition) is 0. The Morgan fingerprint density at radius 2 is 2.11 bits per heavy atom. The van der Waals surface area contributed by atoms with Gasteiger partial charge in [-0.15, -0.1) is 0 Å². The minimum atomic E-state index is -0.441. The lowest BCUT2D eigenvalue weighted by Crippen LogP contribution is -2.70. The third kappa shape index (κ3) is 2.27. The fourth-order valence-corrected chi connectivity index (χ4v) is 2.75. The van der Waals surface area contributed by atoms with Crippen molar-refractivity contribution in [2.45, 2.75) is 44.9 Å². The lowest BCUT2D eigenvalue weighted by Gasteiger charge is -2.55. The fourth-order valence-electron chi connectivity index (χ4n) is 2.75. The summed E-state index contributed by atoms with van der Waals surface area (Å²) in [5.74, 6) is 0. The summed E-state index contributed by atoms with van der Waals surface area (Å²) < 4.78 is 10.7. The number of piperidine rings is 1. The highest BCUT2D eigenvalue weighted by atomic mass is 16.6. The van der Waals surface area contributed by atoms with E-state index in [0.29, 0.717) is 6.01 Å². The SMILES string of the molecule is CC(C)(C)OC(=O)N1C2CC1CN(c1ncco1)C2. The standard InChI is InChI=1S/C13H19N3O3/c1-13(2,3)19-12(17)16-9-6-10(16)8-15(7-9)11-14-4-5-18-11/h4-5,9-10H,6-8H2,1-3H3. The molecule has 19 heavy (non-hydrogen) atoms. The van der Waals surface area contributed by atoms with E-state index in [1.165, 1.54) is 0 Å². The number of ether oxygens (including phenoxy) is 1. The maximum atomic E-state index is 12.1. The summed E-state index contributed by atoms with van der Waals surface area (Å²) in [5.41, 5.74) is -0.441. The molecule has 4 rings (SSSR count). The molecule has 0 N–H and O–H groups in total. The zero-order chi connectivity index (χ0) is 13.6. The Bertz CT molecular complexity index is 454. The second-order valence-corrected chi connectivity index (χ2v) is 6.15. The molecule has 2 unspecified atom stereocenters. The summed E-state index contributed by atoms with van der Waals surface area (Å²) in [6.07, 6.45) is 4.04. The van der Waals surface area contributed by atoms with Crippen molar-refractivity contribution in [3.05, 3.63) is 12.5 Å². The highest BCUT2D eigenvalue weighted by Gasteiger charge is 2.49. The molecule has 6 heteroatoms. The van der Waals surface area contributed by atoms with Crippen LogP contribution in [0.5, 0.6) is 0 Å². The van der Waals surface area contributed by atoms with E-state index in [1.54, 1.807) is 12.5 Å². The van der Waals surface area contributed by atoms with E-state index in [2.05, 4.69) is 9.88 Å². The first-order valence-electron chi connectivity index (χ1n) is 6.60. The van der Waals surface area contributed by atoms with Gasteiger partial charge in [0.2, 0.25) is 0 Å². The molecule has 0 radical (unpaired) electrons. The number of carbonyl (C=O) groups excluding carboxylic acids is 1. The number of aromatic nitrogens is 1. The monoisotopic (exact) mass is 265 g/mol. The molecule has 6 nitrogen and oxygen atoms in total. The molecule has 3 fully saturated rings. The molecule has 1 aromatic heterocycles. The highest BCUT2D eigenvalue weighted by Crippen LogP contribution is 2.35. The van der Waals surface area contributed by atoms with Crippen LogP contribution < -0.4 is 4.90 Å². The van der Waals surface area contributed by atoms with E-state index in [9.17, 15) is 4.79 Å². The third-order valence-electron chi connectivity index (χ3n) is 3.49. The van der Waals surface area contributed by atoms with Gasteiger partial charge < -0.3 is 14.1 Å². The second-order valence-electron chi connectivity index (χ2n) is 6.15. The Kier molecular flexibility index (Phi) is 2.69. The number of hydrogen-bond acceptors (Lipinski definition) is 5. The molecule has 0 aliphatic carbocycles. The maximum Gasteiger partial charge on any atom is 0.410 e. The van der Waals surface area contributed by atoms with E-state index >= 15 is 0 Å². The molecule has 0 saturated carbocycles. The van der Waals surface area contributed by atoms with Gasteiger partial charge in [-0.05, 0) is 27.2 Å². The fraction of sp³-hybridized carbons (Fsp3) is 0.692. The van der Waals surface area contributed by atoms with Crippen LogP contribution in [0.15, 0.2) is 16.9 Å². The normalized spacial score (nSPS) is 26.1. The van der Waals surface area contributed by atoms with Gasteiger partial charge >= 0.3 is 6.09 Å². The number of anilines is 1. The highest BCUT2D eigenvalue weighted by molar-refractivity contribution is 5.71. The van der Waals surface area contributed by atoms with Crippen LogP contribution in [0.25, 0.3) is 0 Å². The van der Waals surface area contributed by atoms with Crippen LogP contribution in [0.1, 0.15) is 27.2 Å². The van der Waals surface area contributed by atoms with Crippen LogP contribution in [0.4, 0.5) is 10.8 Å². The number of rotatable bonds is 1. The maximum absolute atomic E-state index is 12.1. The van der Waals surface area contributed by atoms with Crippen molar-refractivity contribution < 1.29 is 13.9 Å². The van der Waals surface area contributed by atoms with E-state index in [4.69, 9.17) is 9.15 Å². The average Bonchev–Trinajstić information content (AvgIpc) is 2.79. The van der Waals surface area contributed by atoms with Gasteiger partial charge in [0.1, 0.15) is 11.9 Å². The van der Waals surface area contributed by atoms with Gasteiger partial charge in [-0.3, -0.25) is 4.90 Å². The van der Waals surface area contributed by atoms with Crippen LogP contribution in [0.3, 0.4) is 0 Å². The molecule has 0 spiro atoms. The molecule has 3 aliphatic rings. The number of nitrogens with zero attached hydrogens (tertiary/aromatic N) is 3. The molecule has 4 heterocycles.